The number of hydrogen-bond acceptors (Lipinski definition) is 7. The van der Waals surface area contributed by atoms with Gasteiger partial charge in [-0.3, -0.25) is 14.5 Å². The molecule has 0 saturated carbocycles. The van der Waals surface area contributed by atoms with Crippen LogP contribution in [0.3, 0.4) is 0 Å². The average Bonchev–Trinajstić information content (AvgIpc) is 3.21. The predicted octanol–water partition coefficient (Wildman–Crippen LogP) is 5.41. The molecule has 0 spiro atoms. The van der Waals surface area contributed by atoms with Crippen LogP contribution in [0, 0.1) is 0 Å². The second-order valence-corrected chi connectivity index (χ2v) is 10.1. The summed E-state index contributed by atoms with van der Waals surface area (Å²) in [5.74, 6) is -1.79. The van der Waals surface area contributed by atoms with Crippen LogP contribution in [-0.4, -0.2) is 44.1 Å². The molecule has 1 saturated heterocycles. The topological polar surface area (TPSA) is 102 Å². The molecule has 3 aromatic carbocycles. The SMILES string of the molecule is COC(=O)c1ccc(N2C(=O)C(=O)/C(=C(/O)c3cc(C(C)(C)C)ccc3OC)C2c2ccccc2OC)cc1. The minimum absolute atomic E-state index is 0.106. The van der Waals surface area contributed by atoms with Crippen LogP contribution in [0.4, 0.5) is 5.69 Å². The molecule has 202 valence electrons. The molecule has 1 fully saturated rings. The van der Waals surface area contributed by atoms with Crippen LogP contribution < -0.4 is 14.4 Å². The van der Waals surface area contributed by atoms with Gasteiger partial charge < -0.3 is 19.3 Å². The van der Waals surface area contributed by atoms with E-state index in [9.17, 15) is 19.5 Å². The number of ether oxygens (including phenoxy) is 3. The number of esters is 1. The number of rotatable bonds is 6. The van der Waals surface area contributed by atoms with Crippen molar-refractivity contribution in [3.05, 3.63) is 94.6 Å². The zero-order valence-corrected chi connectivity index (χ0v) is 22.8. The number of aliphatic hydroxyl groups is 1. The highest BCUT2D eigenvalue weighted by molar-refractivity contribution is 6.51. The molecule has 1 N–H and O–H groups in total. The largest absolute Gasteiger partial charge is 0.507 e. The Morgan fingerprint density at radius 2 is 1.51 bits per heavy atom. The van der Waals surface area contributed by atoms with E-state index in [2.05, 4.69) is 0 Å². The lowest BCUT2D eigenvalue weighted by atomic mass is 9.85. The van der Waals surface area contributed by atoms with E-state index in [0.717, 1.165) is 5.56 Å². The van der Waals surface area contributed by atoms with Crippen LogP contribution in [0.15, 0.2) is 72.3 Å². The Balaban J connectivity index is 1.99. The maximum Gasteiger partial charge on any atom is 0.337 e. The summed E-state index contributed by atoms with van der Waals surface area (Å²) < 4.78 is 15.9. The van der Waals surface area contributed by atoms with E-state index >= 15 is 0 Å². The number of methoxy groups -OCH3 is 3. The zero-order valence-electron chi connectivity index (χ0n) is 22.8. The summed E-state index contributed by atoms with van der Waals surface area (Å²) in [6, 6.07) is 17.5. The third kappa shape index (κ3) is 4.97. The van der Waals surface area contributed by atoms with Crippen LogP contribution in [0.2, 0.25) is 0 Å². The van der Waals surface area contributed by atoms with Crippen molar-refractivity contribution in [2.75, 3.05) is 26.2 Å². The van der Waals surface area contributed by atoms with Gasteiger partial charge >= 0.3 is 5.97 Å². The molecular formula is C31H31NO7. The van der Waals surface area contributed by atoms with Gasteiger partial charge in [0.15, 0.2) is 0 Å². The van der Waals surface area contributed by atoms with Gasteiger partial charge in [-0.05, 0) is 53.4 Å². The molecule has 1 aliphatic heterocycles. The van der Waals surface area contributed by atoms with Gasteiger partial charge in [0.25, 0.3) is 11.7 Å². The lowest BCUT2D eigenvalue weighted by Gasteiger charge is -2.27. The van der Waals surface area contributed by atoms with Gasteiger partial charge in [0, 0.05) is 11.3 Å². The van der Waals surface area contributed by atoms with E-state index < -0.39 is 23.7 Å². The predicted molar refractivity (Wildman–Crippen MR) is 147 cm³/mol. The van der Waals surface area contributed by atoms with Gasteiger partial charge in [0.2, 0.25) is 0 Å². The summed E-state index contributed by atoms with van der Waals surface area (Å²) in [5.41, 5.74) is 1.99. The molecule has 8 nitrogen and oxygen atoms in total. The summed E-state index contributed by atoms with van der Waals surface area (Å²) in [4.78, 5) is 40.4. The first-order valence-corrected chi connectivity index (χ1v) is 12.3. The number of carbonyl (C=O) groups is 3. The summed E-state index contributed by atoms with van der Waals surface area (Å²) in [6.07, 6.45) is 0. The minimum atomic E-state index is -1.02. The normalized spacial score (nSPS) is 16.8. The number of ketones is 1. The van der Waals surface area contributed by atoms with Gasteiger partial charge in [-0.15, -0.1) is 0 Å². The Morgan fingerprint density at radius 3 is 2.10 bits per heavy atom. The number of hydrogen-bond donors (Lipinski definition) is 1. The van der Waals surface area contributed by atoms with Crippen LogP contribution in [0.5, 0.6) is 11.5 Å². The molecular weight excluding hydrogens is 498 g/mol. The molecule has 0 aliphatic carbocycles. The van der Waals surface area contributed by atoms with E-state index in [0.29, 0.717) is 28.3 Å². The molecule has 1 atom stereocenters. The van der Waals surface area contributed by atoms with Crippen LogP contribution in [-0.2, 0) is 19.7 Å². The molecule has 1 unspecified atom stereocenters. The number of Topliss-reactive ketones (excluding diaryl/α,β-unsaturated/α-hetero) is 1. The first-order chi connectivity index (χ1) is 18.5. The van der Waals surface area contributed by atoms with Crippen molar-refractivity contribution in [3.63, 3.8) is 0 Å². The van der Waals surface area contributed by atoms with Crippen molar-refractivity contribution in [1.29, 1.82) is 0 Å². The highest BCUT2D eigenvalue weighted by Crippen LogP contribution is 2.46. The van der Waals surface area contributed by atoms with Gasteiger partial charge in [-0.1, -0.05) is 45.0 Å². The highest BCUT2D eigenvalue weighted by Gasteiger charge is 2.48. The van der Waals surface area contributed by atoms with Crippen molar-refractivity contribution in [1.82, 2.24) is 0 Å². The fourth-order valence-corrected chi connectivity index (χ4v) is 4.67. The summed E-state index contributed by atoms with van der Waals surface area (Å²) in [6.45, 7) is 6.10. The van der Waals surface area contributed by atoms with Crippen molar-refractivity contribution < 1.29 is 33.7 Å². The van der Waals surface area contributed by atoms with Crippen molar-refractivity contribution in [2.24, 2.45) is 0 Å². The molecule has 3 aromatic rings. The first-order valence-electron chi connectivity index (χ1n) is 12.3. The number of anilines is 1. The molecule has 1 aliphatic rings. The van der Waals surface area contributed by atoms with Crippen LogP contribution in [0.1, 0.15) is 53.9 Å². The van der Waals surface area contributed by atoms with E-state index in [1.165, 1.54) is 38.4 Å². The van der Waals surface area contributed by atoms with Gasteiger partial charge in [0.1, 0.15) is 17.3 Å². The van der Waals surface area contributed by atoms with Crippen LogP contribution in [0.25, 0.3) is 5.76 Å². The quantitative estimate of drug-likeness (QED) is 0.197. The number of carbonyl (C=O) groups excluding carboxylic acids is 3. The summed E-state index contributed by atoms with van der Waals surface area (Å²) in [7, 11) is 4.24. The Labute approximate surface area is 227 Å². The van der Waals surface area contributed by atoms with Gasteiger partial charge in [-0.25, -0.2) is 4.79 Å². The van der Waals surface area contributed by atoms with E-state index in [1.807, 2.05) is 26.8 Å². The Kier molecular flexibility index (Phi) is 7.49. The van der Waals surface area contributed by atoms with E-state index in [1.54, 1.807) is 48.5 Å². The number of benzene rings is 3. The Bertz CT molecular complexity index is 1460. The monoisotopic (exact) mass is 529 g/mol. The molecule has 0 bridgehead atoms. The Hall–Kier alpha value is -4.59. The molecule has 0 aromatic heterocycles. The maximum absolute atomic E-state index is 13.6. The van der Waals surface area contributed by atoms with Crippen molar-refractivity contribution in [2.45, 2.75) is 32.2 Å². The first kappa shape index (κ1) is 27.4. The van der Waals surface area contributed by atoms with E-state index in [4.69, 9.17) is 14.2 Å². The summed E-state index contributed by atoms with van der Waals surface area (Å²) in [5, 5.41) is 11.7. The second-order valence-electron chi connectivity index (χ2n) is 10.1. The third-order valence-corrected chi connectivity index (χ3v) is 6.77. The third-order valence-electron chi connectivity index (χ3n) is 6.77. The highest BCUT2D eigenvalue weighted by atomic mass is 16.5. The standard InChI is InChI=1S/C31H31NO7/c1-31(2,3)19-13-16-24(38-5)22(17-19)27(33)25-26(21-9-7-8-10-23(21)37-4)32(29(35)28(25)34)20-14-11-18(12-15-20)30(36)39-6/h7-17,26,33H,1-6H3/b27-25+. The number of nitrogens with zero attached hydrogens (tertiary/aromatic N) is 1. The summed E-state index contributed by atoms with van der Waals surface area (Å²) >= 11 is 0. The fourth-order valence-electron chi connectivity index (χ4n) is 4.67. The molecule has 0 radical (unpaired) electrons. The molecule has 39 heavy (non-hydrogen) atoms. The average molecular weight is 530 g/mol. The smallest absolute Gasteiger partial charge is 0.337 e. The van der Waals surface area contributed by atoms with Crippen molar-refractivity contribution in [3.8, 4) is 11.5 Å². The molecule has 1 amide bonds. The van der Waals surface area contributed by atoms with Gasteiger partial charge in [0.05, 0.1) is 44.1 Å². The molecule has 8 heteroatoms. The van der Waals surface area contributed by atoms with Crippen LogP contribution >= 0.6 is 0 Å². The molecule has 1 heterocycles. The lowest BCUT2D eigenvalue weighted by molar-refractivity contribution is -0.132. The number of aliphatic hydroxyl groups excluding tert-OH is 1. The van der Waals surface area contributed by atoms with E-state index in [-0.39, 0.29) is 22.3 Å². The number of para-hydroxylation sites is 1. The lowest BCUT2D eigenvalue weighted by Crippen LogP contribution is -2.29. The van der Waals surface area contributed by atoms with Gasteiger partial charge in [-0.2, -0.15) is 0 Å². The minimum Gasteiger partial charge on any atom is -0.507 e. The zero-order chi connectivity index (χ0) is 28.5. The maximum atomic E-state index is 13.6. The Morgan fingerprint density at radius 1 is 0.872 bits per heavy atom. The van der Waals surface area contributed by atoms with Crippen molar-refractivity contribution >= 4 is 29.1 Å². The second kappa shape index (κ2) is 10.6. The molecule has 4 rings (SSSR count). The number of amides is 1. The fraction of sp³-hybridized carbons (Fsp3) is 0.258.